The Hall–Kier alpha value is -1.45. The van der Waals surface area contributed by atoms with Gasteiger partial charge in [0.1, 0.15) is 18.3 Å². The molecule has 2 rings (SSSR count). The summed E-state index contributed by atoms with van der Waals surface area (Å²) in [5.74, 6) is 0. The molecule has 1 saturated heterocycles. The van der Waals surface area contributed by atoms with Crippen LogP contribution in [0.1, 0.15) is 12.6 Å². The lowest BCUT2D eigenvalue weighted by Gasteiger charge is -2.39. The Morgan fingerprint density at radius 1 is 1.19 bits per heavy atom. The van der Waals surface area contributed by atoms with Gasteiger partial charge in [-0.2, -0.15) is 0 Å². The Morgan fingerprint density at radius 2 is 1.84 bits per heavy atom. The molecule has 1 aromatic heterocycles. The fourth-order valence-corrected chi connectivity index (χ4v) is 3.82. The first kappa shape index (κ1) is 26.8. The third-order valence-corrected chi connectivity index (χ3v) is 5.44. The molecule has 0 amide bonds. The summed E-state index contributed by atoms with van der Waals surface area (Å²) < 4.78 is 43.7. The average Bonchev–Trinajstić information content (AvgIpc) is 2.73. The minimum absolute atomic E-state index is 0.00592. The van der Waals surface area contributed by atoms with E-state index in [0.717, 1.165) is 16.8 Å². The van der Waals surface area contributed by atoms with Crippen molar-refractivity contribution in [2.45, 2.75) is 31.0 Å². The number of aliphatic hydroxyl groups is 2. The lowest BCUT2D eigenvalue weighted by Crippen LogP contribution is -2.50. The van der Waals surface area contributed by atoms with Gasteiger partial charge in [-0.05, 0) is 0 Å². The molecule has 0 spiro atoms. The standard InChI is InChI=1S/C17H29N2O12P/c1-26-4-5-27-6-7-28-8-9-29-32(24,25)31-13-10-12(21)16(30-14(13)11-20)19-3-2-15(22)18-17(19)23/h2-3,12-14,16,20-21H,4-11H2,1H3,(H,24,25)(H,18,22,23)/t12-,13+,14+,16+/m0/s1. The van der Waals surface area contributed by atoms with Crippen molar-refractivity contribution in [2.75, 3.05) is 53.4 Å². The zero-order valence-electron chi connectivity index (χ0n) is 17.5. The van der Waals surface area contributed by atoms with E-state index in [1.54, 1.807) is 7.11 Å². The SMILES string of the molecule is COCCOCCOCCOP(=O)(O)O[C@@H]1C[C@H](O)[C@H](n2ccc(=O)[nH]c2=O)O[C@@H]1CO. The fraction of sp³-hybridized carbons (Fsp3) is 0.765. The molecular formula is C17H29N2O12P. The van der Waals surface area contributed by atoms with Gasteiger partial charge < -0.3 is 34.1 Å². The molecule has 1 fully saturated rings. The van der Waals surface area contributed by atoms with Gasteiger partial charge in [0.25, 0.3) is 5.56 Å². The number of nitrogens with zero attached hydrogens (tertiary/aromatic N) is 1. The van der Waals surface area contributed by atoms with Gasteiger partial charge in [0, 0.05) is 25.8 Å². The number of aromatic nitrogens is 2. The van der Waals surface area contributed by atoms with Gasteiger partial charge in [-0.3, -0.25) is 23.4 Å². The number of hydrogen-bond acceptors (Lipinski definition) is 11. The number of nitrogens with one attached hydrogen (secondary N) is 1. The fourth-order valence-electron chi connectivity index (χ4n) is 2.89. The molecule has 0 aliphatic carbocycles. The highest BCUT2D eigenvalue weighted by molar-refractivity contribution is 7.47. The molecule has 1 aromatic rings. The van der Waals surface area contributed by atoms with Gasteiger partial charge in [0.2, 0.25) is 0 Å². The lowest BCUT2D eigenvalue weighted by molar-refractivity contribution is -0.204. The van der Waals surface area contributed by atoms with Crippen molar-refractivity contribution in [2.24, 2.45) is 0 Å². The van der Waals surface area contributed by atoms with Crippen LogP contribution in [0.3, 0.4) is 0 Å². The van der Waals surface area contributed by atoms with Crippen LogP contribution in [0.15, 0.2) is 21.9 Å². The van der Waals surface area contributed by atoms with Gasteiger partial charge in [-0.15, -0.1) is 0 Å². The number of methoxy groups -OCH3 is 1. The van der Waals surface area contributed by atoms with Crippen molar-refractivity contribution in [1.82, 2.24) is 9.55 Å². The monoisotopic (exact) mass is 484 g/mol. The third kappa shape index (κ3) is 8.48. The van der Waals surface area contributed by atoms with E-state index in [9.17, 15) is 29.3 Å². The zero-order valence-corrected chi connectivity index (χ0v) is 18.4. The molecule has 1 unspecified atom stereocenters. The predicted octanol–water partition coefficient (Wildman–Crippen LogP) is -1.64. The van der Waals surface area contributed by atoms with E-state index in [4.69, 9.17) is 28.0 Å². The number of aromatic amines is 1. The number of aliphatic hydroxyl groups excluding tert-OH is 2. The lowest BCUT2D eigenvalue weighted by atomic mass is 10.0. The normalized spacial score (nSPS) is 25.5. The van der Waals surface area contributed by atoms with Crippen LogP contribution in [0.5, 0.6) is 0 Å². The topological polar surface area (TPSA) is 188 Å². The second-order valence-electron chi connectivity index (χ2n) is 6.73. The van der Waals surface area contributed by atoms with Gasteiger partial charge >= 0.3 is 13.5 Å². The number of hydrogen-bond donors (Lipinski definition) is 4. The van der Waals surface area contributed by atoms with Crippen molar-refractivity contribution in [1.29, 1.82) is 0 Å². The first-order valence-corrected chi connectivity index (χ1v) is 11.3. The number of H-pyrrole nitrogens is 1. The quantitative estimate of drug-likeness (QED) is 0.174. The summed E-state index contributed by atoms with van der Waals surface area (Å²) in [4.78, 5) is 35.1. The minimum atomic E-state index is -4.56. The van der Waals surface area contributed by atoms with E-state index in [0.29, 0.717) is 19.8 Å². The van der Waals surface area contributed by atoms with Crippen LogP contribution < -0.4 is 11.2 Å². The summed E-state index contributed by atoms with van der Waals surface area (Å²) in [7, 11) is -3.01. The van der Waals surface area contributed by atoms with Crippen molar-refractivity contribution in [3.63, 3.8) is 0 Å². The number of ether oxygens (including phenoxy) is 4. The molecule has 14 nitrogen and oxygen atoms in total. The van der Waals surface area contributed by atoms with Crippen LogP contribution >= 0.6 is 7.82 Å². The summed E-state index contributed by atoms with van der Waals surface area (Å²) in [6.07, 6.45) is -4.04. The highest BCUT2D eigenvalue weighted by atomic mass is 31.2. The van der Waals surface area contributed by atoms with Crippen LogP contribution in [0, 0.1) is 0 Å². The first-order chi connectivity index (χ1) is 15.3. The van der Waals surface area contributed by atoms with Gasteiger partial charge in [-0.1, -0.05) is 0 Å². The summed E-state index contributed by atoms with van der Waals surface area (Å²) in [6, 6.07) is 1.07. The molecule has 0 bridgehead atoms. The largest absolute Gasteiger partial charge is 0.472 e. The van der Waals surface area contributed by atoms with Crippen molar-refractivity contribution in [3.05, 3.63) is 33.1 Å². The van der Waals surface area contributed by atoms with Crippen molar-refractivity contribution in [3.8, 4) is 0 Å². The molecule has 4 N–H and O–H groups in total. The molecular weight excluding hydrogens is 455 g/mol. The Kier molecular flexibility index (Phi) is 11.1. The molecule has 0 radical (unpaired) electrons. The smallest absolute Gasteiger partial charge is 0.394 e. The second-order valence-corrected chi connectivity index (χ2v) is 8.14. The molecule has 5 atom stereocenters. The Bertz CT molecular complexity index is 845. The van der Waals surface area contributed by atoms with E-state index in [1.165, 1.54) is 0 Å². The van der Waals surface area contributed by atoms with Gasteiger partial charge in [-0.25, -0.2) is 9.36 Å². The Morgan fingerprint density at radius 3 is 2.47 bits per heavy atom. The van der Waals surface area contributed by atoms with Crippen LogP contribution in [0.4, 0.5) is 0 Å². The molecule has 1 aliphatic rings. The van der Waals surface area contributed by atoms with Crippen LogP contribution in [-0.4, -0.2) is 96.3 Å². The number of rotatable bonds is 14. The van der Waals surface area contributed by atoms with Crippen molar-refractivity contribution >= 4 is 7.82 Å². The van der Waals surface area contributed by atoms with E-state index in [-0.39, 0.29) is 26.2 Å². The van der Waals surface area contributed by atoms with Crippen LogP contribution in [0.25, 0.3) is 0 Å². The highest BCUT2D eigenvalue weighted by Crippen LogP contribution is 2.47. The maximum atomic E-state index is 12.2. The average molecular weight is 484 g/mol. The number of phosphoric ester groups is 1. The van der Waals surface area contributed by atoms with E-state index < -0.39 is 50.2 Å². The van der Waals surface area contributed by atoms with E-state index in [2.05, 4.69) is 0 Å². The Labute approximate surface area is 183 Å². The summed E-state index contributed by atoms with van der Waals surface area (Å²) >= 11 is 0. The Balaban J connectivity index is 1.82. The minimum Gasteiger partial charge on any atom is -0.394 e. The van der Waals surface area contributed by atoms with Gasteiger partial charge in [0.05, 0.1) is 46.2 Å². The summed E-state index contributed by atoms with van der Waals surface area (Å²) in [5, 5.41) is 19.9. The molecule has 0 saturated carbocycles. The number of phosphoric acid groups is 1. The van der Waals surface area contributed by atoms with E-state index >= 15 is 0 Å². The summed E-state index contributed by atoms with van der Waals surface area (Å²) in [5.41, 5.74) is -1.45. The molecule has 2 heterocycles. The zero-order chi connectivity index (χ0) is 23.6. The summed E-state index contributed by atoms with van der Waals surface area (Å²) in [6.45, 7) is 0.599. The molecule has 1 aliphatic heterocycles. The third-order valence-electron chi connectivity index (χ3n) is 4.39. The van der Waals surface area contributed by atoms with Crippen molar-refractivity contribution < 1.29 is 47.7 Å². The van der Waals surface area contributed by atoms with E-state index in [1.807, 2.05) is 4.98 Å². The second kappa shape index (κ2) is 13.3. The first-order valence-electron chi connectivity index (χ1n) is 9.83. The molecule has 32 heavy (non-hydrogen) atoms. The predicted molar refractivity (Wildman–Crippen MR) is 107 cm³/mol. The molecule has 0 aromatic carbocycles. The highest BCUT2D eigenvalue weighted by Gasteiger charge is 2.42. The maximum absolute atomic E-state index is 12.2. The van der Waals surface area contributed by atoms with Gasteiger partial charge in [0.15, 0.2) is 6.23 Å². The molecule has 15 heteroatoms. The molecule has 184 valence electrons. The van der Waals surface area contributed by atoms with Crippen LogP contribution in [-0.2, 0) is 32.6 Å². The maximum Gasteiger partial charge on any atom is 0.472 e. The van der Waals surface area contributed by atoms with Crippen LogP contribution in [0.2, 0.25) is 0 Å².